The molecular formula is C9H10N4O. The normalized spacial score (nSPS) is 9.79. The number of ether oxygens (including phenoxy) is 1. The summed E-state index contributed by atoms with van der Waals surface area (Å²) in [5, 5.41) is 3.38. The van der Waals surface area contributed by atoms with E-state index in [1.54, 1.807) is 25.4 Å². The van der Waals surface area contributed by atoms with E-state index < -0.39 is 0 Å². The van der Waals surface area contributed by atoms with E-state index in [1.165, 1.54) is 0 Å². The Balaban J connectivity index is 2.66. The minimum atomic E-state index is 0.348. The fraction of sp³-hybridized carbons (Fsp3) is 0.222. The molecule has 5 heteroatoms. The summed E-state index contributed by atoms with van der Waals surface area (Å²) in [7, 11) is 1.57. The number of pyridine rings is 1. The van der Waals surface area contributed by atoms with Crippen LogP contribution in [0, 0.1) is 0 Å². The molecule has 0 aromatic carbocycles. The summed E-state index contributed by atoms with van der Waals surface area (Å²) in [6.45, 7) is 0.348. The highest BCUT2D eigenvalue weighted by Gasteiger charge is 1.91. The fourth-order valence-electron chi connectivity index (χ4n) is 0.912. The Hall–Kier alpha value is -2.00. The molecule has 0 aliphatic carbocycles. The largest absolute Gasteiger partial charge is 0.481 e. The highest BCUT2D eigenvalue weighted by atomic mass is 16.5. The van der Waals surface area contributed by atoms with Crippen LogP contribution in [0.5, 0.6) is 5.88 Å². The number of methoxy groups -OCH3 is 1. The SMILES string of the molecule is COc1cc(C=CCN=[N+]=[N-])ccn1. The van der Waals surface area contributed by atoms with E-state index in [-0.39, 0.29) is 0 Å². The van der Waals surface area contributed by atoms with Gasteiger partial charge in [-0.25, -0.2) is 4.98 Å². The molecule has 0 bridgehead atoms. The maximum Gasteiger partial charge on any atom is 0.213 e. The molecule has 0 N–H and O–H groups in total. The molecule has 0 atom stereocenters. The van der Waals surface area contributed by atoms with Crippen molar-refractivity contribution in [3.8, 4) is 5.88 Å². The molecule has 0 saturated carbocycles. The van der Waals surface area contributed by atoms with Gasteiger partial charge in [0.2, 0.25) is 5.88 Å². The van der Waals surface area contributed by atoms with Gasteiger partial charge in [0.1, 0.15) is 0 Å². The van der Waals surface area contributed by atoms with E-state index in [0.29, 0.717) is 12.4 Å². The first-order chi connectivity index (χ1) is 6.86. The quantitative estimate of drug-likeness (QED) is 0.415. The monoisotopic (exact) mass is 190 g/mol. The van der Waals surface area contributed by atoms with E-state index in [2.05, 4.69) is 15.0 Å². The minimum Gasteiger partial charge on any atom is -0.481 e. The predicted molar refractivity (Wildman–Crippen MR) is 53.8 cm³/mol. The zero-order valence-electron chi connectivity index (χ0n) is 7.79. The smallest absolute Gasteiger partial charge is 0.213 e. The summed E-state index contributed by atoms with van der Waals surface area (Å²) in [5.74, 6) is 0.566. The molecule has 72 valence electrons. The Morgan fingerprint density at radius 3 is 3.29 bits per heavy atom. The van der Waals surface area contributed by atoms with Crippen molar-refractivity contribution >= 4 is 6.08 Å². The second kappa shape index (κ2) is 5.61. The van der Waals surface area contributed by atoms with Gasteiger partial charge in [0.15, 0.2) is 0 Å². The Bertz CT molecular complexity index is 369. The van der Waals surface area contributed by atoms with Crippen molar-refractivity contribution in [2.45, 2.75) is 0 Å². The standard InChI is InChI=1S/C9H10N4O/c1-14-9-7-8(4-6-11-9)3-2-5-12-13-10/h2-4,6-7H,5H2,1H3. The van der Waals surface area contributed by atoms with Crippen LogP contribution in [0.1, 0.15) is 5.56 Å². The second-order valence-electron chi connectivity index (χ2n) is 2.45. The van der Waals surface area contributed by atoms with Gasteiger partial charge in [-0.1, -0.05) is 17.3 Å². The Morgan fingerprint density at radius 1 is 1.71 bits per heavy atom. The van der Waals surface area contributed by atoms with Gasteiger partial charge in [-0.3, -0.25) is 0 Å². The van der Waals surface area contributed by atoms with Crippen molar-refractivity contribution < 1.29 is 4.74 Å². The maximum atomic E-state index is 8.04. The number of hydrogen-bond acceptors (Lipinski definition) is 3. The number of rotatable bonds is 4. The molecule has 1 aromatic heterocycles. The van der Waals surface area contributed by atoms with Crippen LogP contribution in [0.4, 0.5) is 0 Å². The van der Waals surface area contributed by atoms with E-state index in [4.69, 9.17) is 10.3 Å². The van der Waals surface area contributed by atoms with Gasteiger partial charge >= 0.3 is 0 Å². The summed E-state index contributed by atoms with van der Waals surface area (Å²) >= 11 is 0. The lowest BCUT2D eigenvalue weighted by molar-refractivity contribution is 0.398. The van der Waals surface area contributed by atoms with Crippen molar-refractivity contribution in [2.75, 3.05) is 13.7 Å². The molecule has 5 nitrogen and oxygen atoms in total. The van der Waals surface area contributed by atoms with Gasteiger partial charge in [-0.2, -0.15) is 0 Å². The summed E-state index contributed by atoms with van der Waals surface area (Å²) in [6.07, 6.45) is 5.28. The summed E-state index contributed by atoms with van der Waals surface area (Å²) < 4.78 is 4.96. The average molecular weight is 190 g/mol. The Kier molecular flexibility index (Phi) is 4.04. The van der Waals surface area contributed by atoms with Crippen LogP contribution < -0.4 is 4.74 Å². The first-order valence-electron chi connectivity index (χ1n) is 4.04. The van der Waals surface area contributed by atoms with Crippen LogP contribution in [-0.4, -0.2) is 18.6 Å². The van der Waals surface area contributed by atoms with Crippen LogP contribution in [-0.2, 0) is 0 Å². The molecule has 0 radical (unpaired) electrons. The van der Waals surface area contributed by atoms with Gasteiger partial charge in [-0.15, -0.1) is 0 Å². The highest BCUT2D eigenvalue weighted by Crippen LogP contribution is 2.09. The average Bonchev–Trinajstić information content (AvgIpc) is 2.25. The molecule has 0 aliphatic heterocycles. The fourth-order valence-corrected chi connectivity index (χ4v) is 0.912. The van der Waals surface area contributed by atoms with E-state index in [1.807, 2.05) is 12.1 Å². The molecule has 1 heterocycles. The molecule has 1 rings (SSSR count). The van der Waals surface area contributed by atoms with Crippen molar-refractivity contribution in [3.05, 3.63) is 40.4 Å². The third-order valence-electron chi connectivity index (χ3n) is 1.53. The minimum absolute atomic E-state index is 0.348. The number of azide groups is 1. The molecule has 0 spiro atoms. The second-order valence-corrected chi connectivity index (χ2v) is 2.45. The molecule has 0 saturated heterocycles. The third kappa shape index (κ3) is 3.16. The van der Waals surface area contributed by atoms with Gasteiger partial charge in [-0.05, 0) is 17.2 Å². The zero-order chi connectivity index (χ0) is 10.2. The highest BCUT2D eigenvalue weighted by molar-refractivity contribution is 5.50. The zero-order valence-corrected chi connectivity index (χ0v) is 7.79. The summed E-state index contributed by atoms with van der Waals surface area (Å²) in [4.78, 5) is 6.60. The first kappa shape index (κ1) is 10.1. The number of aromatic nitrogens is 1. The van der Waals surface area contributed by atoms with Crippen LogP contribution in [0.2, 0.25) is 0 Å². The van der Waals surface area contributed by atoms with Crippen LogP contribution >= 0.6 is 0 Å². The van der Waals surface area contributed by atoms with Gasteiger partial charge in [0, 0.05) is 23.7 Å². The predicted octanol–water partition coefficient (Wildman–Crippen LogP) is 2.41. The molecule has 0 unspecified atom stereocenters. The summed E-state index contributed by atoms with van der Waals surface area (Å²) in [5.41, 5.74) is 9.00. The molecule has 0 amide bonds. The Morgan fingerprint density at radius 2 is 2.57 bits per heavy atom. The van der Waals surface area contributed by atoms with Crippen molar-refractivity contribution in [1.29, 1.82) is 0 Å². The first-order valence-corrected chi connectivity index (χ1v) is 4.04. The van der Waals surface area contributed by atoms with Crippen molar-refractivity contribution in [1.82, 2.24) is 4.98 Å². The van der Waals surface area contributed by atoms with E-state index in [0.717, 1.165) is 5.56 Å². The molecule has 1 aromatic rings. The molecular weight excluding hydrogens is 180 g/mol. The van der Waals surface area contributed by atoms with Crippen LogP contribution in [0.15, 0.2) is 29.5 Å². The topological polar surface area (TPSA) is 70.9 Å². The van der Waals surface area contributed by atoms with Crippen molar-refractivity contribution in [3.63, 3.8) is 0 Å². The lowest BCUT2D eigenvalue weighted by Crippen LogP contribution is -1.86. The Labute approximate surface area is 81.7 Å². The van der Waals surface area contributed by atoms with Crippen LogP contribution in [0.25, 0.3) is 16.5 Å². The van der Waals surface area contributed by atoms with Crippen LogP contribution in [0.3, 0.4) is 0 Å². The van der Waals surface area contributed by atoms with Gasteiger partial charge in [0.05, 0.1) is 7.11 Å². The molecule has 0 aliphatic rings. The van der Waals surface area contributed by atoms with E-state index in [9.17, 15) is 0 Å². The summed E-state index contributed by atoms with van der Waals surface area (Å²) in [6, 6.07) is 3.64. The maximum absolute atomic E-state index is 8.04. The van der Waals surface area contributed by atoms with Gasteiger partial charge < -0.3 is 4.74 Å². The number of nitrogens with zero attached hydrogens (tertiary/aromatic N) is 4. The lowest BCUT2D eigenvalue weighted by Gasteiger charge is -1.98. The van der Waals surface area contributed by atoms with E-state index >= 15 is 0 Å². The van der Waals surface area contributed by atoms with Crippen molar-refractivity contribution in [2.24, 2.45) is 5.11 Å². The molecule has 0 fully saturated rings. The molecule has 14 heavy (non-hydrogen) atoms. The number of hydrogen-bond donors (Lipinski definition) is 0. The lowest BCUT2D eigenvalue weighted by atomic mass is 10.2. The third-order valence-corrected chi connectivity index (χ3v) is 1.53. The van der Waals surface area contributed by atoms with Gasteiger partial charge in [0.25, 0.3) is 0 Å².